The Kier molecular flexibility index (Phi) is 5.60. The van der Waals surface area contributed by atoms with Crippen LogP contribution in [0.4, 0.5) is 0 Å². The van der Waals surface area contributed by atoms with Gasteiger partial charge in [-0.05, 0) is 49.3 Å². The molecule has 0 spiro atoms. The van der Waals surface area contributed by atoms with Crippen molar-refractivity contribution in [3.05, 3.63) is 35.4 Å². The average molecular weight is 274 g/mol. The first-order valence-corrected chi connectivity index (χ1v) is 7.82. The van der Waals surface area contributed by atoms with Gasteiger partial charge in [0.05, 0.1) is 0 Å². The molecule has 0 aliphatic heterocycles. The lowest BCUT2D eigenvalue weighted by Crippen LogP contribution is -2.37. The third kappa shape index (κ3) is 4.07. The van der Waals surface area contributed by atoms with E-state index in [1.54, 1.807) is 0 Å². The highest BCUT2D eigenvalue weighted by Gasteiger charge is 2.22. The van der Waals surface area contributed by atoms with Gasteiger partial charge in [0.15, 0.2) is 0 Å². The van der Waals surface area contributed by atoms with Crippen molar-refractivity contribution in [2.45, 2.75) is 58.0 Å². The number of hydrogen-bond acceptors (Lipinski definition) is 2. The molecule has 110 valence electrons. The fraction of sp³-hybridized carbons (Fsp3) is 0.588. The van der Waals surface area contributed by atoms with Gasteiger partial charge in [0.1, 0.15) is 0 Å². The van der Waals surface area contributed by atoms with Gasteiger partial charge in [-0.1, -0.05) is 31.9 Å². The van der Waals surface area contributed by atoms with Crippen LogP contribution in [0.15, 0.2) is 24.3 Å². The fourth-order valence-electron chi connectivity index (χ4n) is 3.06. The second-order valence-electron chi connectivity index (χ2n) is 5.88. The van der Waals surface area contributed by atoms with Crippen LogP contribution in [0.1, 0.15) is 61.4 Å². The fourth-order valence-corrected chi connectivity index (χ4v) is 3.06. The number of carbonyl (C=O) groups is 1. The van der Waals surface area contributed by atoms with Gasteiger partial charge in [0, 0.05) is 18.2 Å². The molecule has 1 saturated carbocycles. The summed E-state index contributed by atoms with van der Waals surface area (Å²) >= 11 is 0. The summed E-state index contributed by atoms with van der Waals surface area (Å²) in [5.74, 6) is 0.921. The standard InChI is InChI=1S/C17H26N2O/c1-2-3-13-6-10-16(11-7-13)19-17(20)15-8-4-14(12-18)5-9-15/h4-5,8-9,13,16H,2-3,6-7,10-12,18H2,1H3,(H,19,20). The summed E-state index contributed by atoms with van der Waals surface area (Å²) in [6, 6.07) is 7.92. The van der Waals surface area contributed by atoms with Gasteiger partial charge in [-0.25, -0.2) is 0 Å². The molecule has 0 heterocycles. The number of hydrogen-bond donors (Lipinski definition) is 2. The Balaban J connectivity index is 1.82. The monoisotopic (exact) mass is 274 g/mol. The number of rotatable bonds is 5. The maximum Gasteiger partial charge on any atom is 0.251 e. The van der Waals surface area contributed by atoms with Crippen molar-refractivity contribution in [1.82, 2.24) is 5.32 Å². The molecule has 3 heteroatoms. The lowest BCUT2D eigenvalue weighted by atomic mass is 9.83. The van der Waals surface area contributed by atoms with Crippen LogP contribution in [0.25, 0.3) is 0 Å². The van der Waals surface area contributed by atoms with E-state index < -0.39 is 0 Å². The van der Waals surface area contributed by atoms with E-state index in [9.17, 15) is 4.79 Å². The average Bonchev–Trinajstić information content (AvgIpc) is 2.49. The Hall–Kier alpha value is -1.35. The van der Waals surface area contributed by atoms with Gasteiger partial charge in [0.25, 0.3) is 5.91 Å². The van der Waals surface area contributed by atoms with Crippen molar-refractivity contribution < 1.29 is 4.79 Å². The van der Waals surface area contributed by atoms with Gasteiger partial charge < -0.3 is 11.1 Å². The number of nitrogens with two attached hydrogens (primary N) is 1. The highest BCUT2D eigenvalue weighted by Crippen LogP contribution is 2.27. The number of nitrogens with one attached hydrogen (secondary N) is 1. The van der Waals surface area contributed by atoms with Crippen LogP contribution in [-0.2, 0) is 6.54 Å². The second-order valence-corrected chi connectivity index (χ2v) is 5.88. The van der Waals surface area contributed by atoms with Crippen molar-refractivity contribution in [2.75, 3.05) is 0 Å². The molecule has 2 rings (SSSR count). The summed E-state index contributed by atoms with van der Waals surface area (Å²) in [7, 11) is 0. The molecule has 20 heavy (non-hydrogen) atoms. The molecule has 1 fully saturated rings. The summed E-state index contributed by atoms with van der Waals surface area (Å²) < 4.78 is 0. The van der Waals surface area contributed by atoms with Crippen LogP contribution in [0.3, 0.4) is 0 Å². The molecule has 0 atom stereocenters. The number of amides is 1. The molecule has 3 N–H and O–H groups in total. The third-order valence-electron chi connectivity index (χ3n) is 4.33. The predicted molar refractivity (Wildman–Crippen MR) is 82.5 cm³/mol. The van der Waals surface area contributed by atoms with Gasteiger partial charge in [0.2, 0.25) is 0 Å². The zero-order chi connectivity index (χ0) is 14.4. The normalized spacial score (nSPS) is 22.5. The lowest BCUT2D eigenvalue weighted by molar-refractivity contribution is 0.0921. The largest absolute Gasteiger partial charge is 0.349 e. The Labute approximate surface area is 121 Å². The molecular formula is C17H26N2O. The first-order valence-electron chi connectivity index (χ1n) is 7.82. The topological polar surface area (TPSA) is 55.1 Å². The SMILES string of the molecule is CCCC1CCC(NC(=O)c2ccc(CN)cc2)CC1. The van der Waals surface area contributed by atoms with Crippen LogP contribution in [0.5, 0.6) is 0 Å². The van der Waals surface area contributed by atoms with Crippen molar-refractivity contribution in [1.29, 1.82) is 0 Å². The van der Waals surface area contributed by atoms with Crippen LogP contribution in [0.2, 0.25) is 0 Å². The van der Waals surface area contributed by atoms with Gasteiger partial charge in [-0.15, -0.1) is 0 Å². The quantitative estimate of drug-likeness (QED) is 0.866. The summed E-state index contributed by atoms with van der Waals surface area (Å²) in [6.45, 7) is 2.77. The Morgan fingerprint density at radius 3 is 2.40 bits per heavy atom. The first kappa shape index (κ1) is 15.0. The maximum atomic E-state index is 12.2. The minimum absolute atomic E-state index is 0.0486. The molecule has 1 aliphatic rings. The highest BCUT2D eigenvalue weighted by molar-refractivity contribution is 5.94. The predicted octanol–water partition coefficient (Wildman–Crippen LogP) is 3.23. The molecule has 0 bridgehead atoms. The van der Waals surface area contributed by atoms with Crippen LogP contribution < -0.4 is 11.1 Å². The van der Waals surface area contributed by atoms with E-state index >= 15 is 0 Å². The van der Waals surface area contributed by atoms with E-state index in [0.29, 0.717) is 12.6 Å². The molecule has 1 aliphatic carbocycles. The van der Waals surface area contributed by atoms with Crippen molar-refractivity contribution in [3.63, 3.8) is 0 Å². The van der Waals surface area contributed by atoms with E-state index in [1.807, 2.05) is 24.3 Å². The van der Waals surface area contributed by atoms with Crippen LogP contribution in [-0.4, -0.2) is 11.9 Å². The second kappa shape index (κ2) is 7.44. The Morgan fingerprint density at radius 1 is 1.20 bits per heavy atom. The van der Waals surface area contributed by atoms with E-state index in [1.165, 1.54) is 25.7 Å². The minimum atomic E-state index is 0.0486. The summed E-state index contributed by atoms with van der Waals surface area (Å²) in [6.07, 6.45) is 7.36. The zero-order valence-electron chi connectivity index (χ0n) is 12.4. The Morgan fingerprint density at radius 2 is 1.85 bits per heavy atom. The molecule has 0 radical (unpaired) electrons. The molecule has 1 aromatic carbocycles. The zero-order valence-corrected chi connectivity index (χ0v) is 12.4. The highest BCUT2D eigenvalue weighted by atomic mass is 16.1. The number of carbonyl (C=O) groups excluding carboxylic acids is 1. The van der Waals surface area contributed by atoms with Gasteiger partial charge in [-0.2, -0.15) is 0 Å². The number of benzene rings is 1. The summed E-state index contributed by atoms with van der Waals surface area (Å²) in [5.41, 5.74) is 7.35. The van der Waals surface area contributed by atoms with Gasteiger partial charge in [-0.3, -0.25) is 4.79 Å². The van der Waals surface area contributed by atoms with Crippen molar-refractivity contribution in [2.24, 2.45) is 11.7 Å². The smallest absolute Gasteiger partial charge is 0.251 e. The van der Waals surface area contributed by atoms with Crippen molar-refractivity contribution >= 4 is 5.91 Å². The molecule has 0 aromatic heterocycles. The molecule has 0 saturated heterocycles. The van der Waals surface area contributed by atoms with Crippen molar-refractivity contribution in [3.8, 4) is 0 Å². The van der Waals surface area contributed by atoms with E-state index in [-0.39, 0.29) is 5.91 Å². The molecule has 0 unspecified atom stereocenters. The van der Waals surface area contributed by atoms with Gasteiger partial charge >= 0.3 is 0 Å². The van der Waals surface area contributed by atoms with E-state index in [0.717, 1.165) is 29.9 Å². The summed E-state index contributed by atoms with van der Waals surface area (Å²) in [5, 5.41) is 3.17. The summed E-state index contributed by atoms with van der Waals surface area (Å²) in [4.78, 5) is 12.2. The minimum Gasteiger partial charge on any atom is -0.349 e. The first-order chi connectivity index (χ1) is 9.72. The molecule has 1 aromatic rings. The Bertz CT molecular complexity index is 419. The lowest BCUT2D eigenvalue weighted by Gasteiger charge is -2.29. The molecule has 3 nitrogen and oxygen atoms in total. The molecular weight excluding hydrogens is 248 g/mol. The van der Waals surface area contributed by atoms with Crippen LogP contribution >= 0.6 is 0 Å². The van der Waals surface area contributed by atoms with Crippen LogP contribution in [0, 0.1) is 5.92 Å². The molecule has 1 amide bonds. The third-order valence-corrected chi connectivity index (χ3v) is 4.33. The van der Waals surface area contributed by atoms with E-state index in [2.05, 4.69) is 12.2 Å². The van der Waals surface area contributed by atoms with E-state index in [4.69, 9.17) is 5.73 Å². The maximum absolute atomic E-state index is 12.2.